The fourth-order valence-electron chi connectivity index (χ4n) is 4.21. The number of anilines is 1. The van der Waals surface area contributed by atoms with Crippen LogP contribution >= 0.6 is 0 Å². The largest absolute Gasteiger partial charge is 0.423 e. The van der Waals surface area contributed by atoms with Crippen LogP contribution in [0.15, 0.2) is 146 Å². The summed E-state index contributed by atoms with van der Waals surface area (Å²) in [7, 11) is 0. The quantitative estimate of drug-likeness (QED) is 0.0928. The van der Waals surface area contributed by atoms with Gasteiger partial charge < -0.3 is 9.64 Å². The van der Waals surface area contributed by atoms with Gasteiger partial charge in [-0.1, -0.05) is 110 Å². The zero-order valence-corrected chi connectivity index (χ0v) is 21.0. The number of hydrogen-bond donors (Lipinski definition) is 0. The molecule has 0 aliphatic rings. The van der Waals surface area contributed by atoms with Crippen LogP contribution in [-0.4, -0.2) is 5.97 Å². The Labute approximate surface area is 219 Å². The second kappa shape index (κ2) is 12.4. The Morgan fingerprint density at radius 2 is 1.43 bits per heavy atom. The third kappa shape index (κ3) is 6.74. The molecule has 0 radical (unpaired) electrons. The number of allylic oxidation sites excluding steroid dienone is 3. The maximum atomic E-state index is 11.7. The first-order chi connectivity index (χ1) is 18.0. The summed E-state index contributed by atoms with van der Waals surface area (Å²) in [5, 5.41) is 1.97. The number of hydrogen-bond acceptors (Lipinski definition) is 3. The van der Waals surface area contributed by atoms with E-state index in [1.54, 1.807) is 0 Å². The minimum absolute atomic E-state index is 0.464. The van der Waals surface area contributed by atoms with Gasteiger partial charge in [-0.3, -0.25) is 0 Å². The van der Waals surface area contributed by atoms with Gasteiger partial charge in [0.25, 0.3) is 0 Å². The average molecular weight is 486 g/mol. The number of benzene rings is 4. The van der Waals surface area contributed by atoms with E-state index in [0.717, 1.165) is 47.1 Å². The van der Waals surface area contributed by atoms with E-state index >= 15 is 0 Å². The smallest absolute Gasteiger partial charge is 0.335 e. The summed E-state index contributed by atoms with van der Waals surface area (Å²) >= 11 is 0. The number of ether oxygens (including phenoxy) is 1. The molecule has 0 atom stereocenters. The van der Waals surface area contributed by atoms with Crippen molar-refractivity contribution in [1.29, 1.82) is 0 Å². The van der Waals surface area contributed by atoms with Crippen LogP contribution in [-0.2, 0) is 17.8 Å². The summed E-state index contributed by atoms with van der Waals surface area (Å²) in [5.41, 5.74) is 5.40. The lowest BCUT2D eigenvalue weighted by Gasteiger charge is -2.25. The number of esters is 1. The monoisotopic (exact) mass is 485 g/mol. The van der Waals surface area contributed by atoms with Gasteiger partial charge >= 0.3 is 5.97 Å². The van der Waals surface area contributed by atoms with E-state index < -0.39 is 5.97 Å². The molecule has 0 aromatic heterocycles. The predicted octanol–water partition coefficient (Wildman–Crippen LogP) is 8.20. The van der Waals surface area contributed by atoms with Gasteiger partial charge in [-0.05, 0) is 53.6 Å². The Kier molecular flexibility index (Phi) is 8.51. The van der Waals surface area contributed by atoms with Gasteiger partial charge in [0.1, 0.15) is 5.75 Å². The van der Waals surface area contributed by atoms with Crippen LogP contribution in [0.4, 0.5) is 5.69 Å². The first-order valence-electron chi connectivity index (χ1n) is 12.3. The van der Waals surface area contributed by atoms with Crippen LogP contribution < -0.4 is 9.64 Å². The van der Waals surface area contributed by atoms with Crippen LogP contribution in [0.25, 0.3) is 10.8 Å². The summed E-state index contributed by atoms with van der Waals surface area (Å²) in [5.74, 6) is 0.0761. The van der Waals surface area contributed by atoms with Crippen molar-refractivity contribution < 1.29 is 9.53 Å². The van der Waals surface area contributed by atoms with E-state index in [-0.39, 0.29) is 0 Å². The molecular formula is C34H31NO2. The van der Waals surface area contributed by atoms with E-state index in [9.17, 15) is 4.79 Å². The Balaban J connectivity index is 1.45. The Morgan fingerprint density at radius 3 is 2.14 bits per heavy atom. The SMILES string of the molecule is C=CC(=O)Oc1ccc(CCC(=C)C=CC(=C)N(Cc2ccccc2)c2ccccc2)c2ccccc12. The molecule has 4 aromatic rings. The van der Waals surface area contributed by atoms with Crippen LogP contribution in [0.3, 0.4) is 0 Å². The molecule has 0 saturated heterocycles. The summed E-state index contributed by atoms with van der Waals surface area (Å²) in [4.78, 5) is 13.9. The lowest BCUT2D eigenvalue weighted by Crippen LogP contribution is -2.20. The summed E-state index contributed by atoms with van der Waals surface area (Å²) in [6.07, 6.45) is 6.87. The molecule has 0 fully saturated rings. The van der Waals surface area contributed by atoms with Crippen molar-refractivity contribution in [2.75, 3.05) is 4.90 Å². The molecule has 0 spiro atoms. The number of carbonyl (C=O) groups excluding carboxylic acids is 1. The molecule has 3 heteroatoms. The molecule has 4 rings (SSSR count). The van der Waals surface area contributed by atoms with Gasteiger partial charge in [0, 0.05) is 29.4 Å². The molecule has 37 heavy (non-hydrogen) atoms. The molecule has 0 saturated carbocycles. The second-order valence-corrected chi connectivity index (χ2v) is 8.78. The second-order valence-electron chi connectivity index (χ2n) is 8.78. The fourth-order valence-corrected chi connectivity index (χ4v) is 4.21. The minimum atomic E-state index is -0.464. The highest BCUT2D eigenvalue weighted by Crippen LogP contribution is 2.30. The zero-order chi connectivity index (χ0) is 26.0. The molecule has 184 valence electrons. The molecule has 0 aliphatic carbocycles. The number of carbonyl (C=O) groups is 1. The standard InChI is InChI=1S/C34H31NO2/c1-4-34(36)37-33-24-23-29(31-17-11-12-18-32(31)33)22-20-26(2)19-21-27(3)35(30-15-9-6-10-16-30)25-28-13-7-5-8-14-28/h4-19,21,23-24H,1-3,20,22,25H2. The number of nitrogens with zero attached hydrogens (tertiary/aromatic N) is 1. The minimum Gasteiger partial charge on any atom is -0.423 e. The van der Waals surface area contributed by atoms with Crippen molar-refractivity contribution in [3.05, 3.63) is 157 Å². The lowest BCUT2D eigenvalue weighted by atomic mass is 9.98. The van der Waals surface area contributed by atoms with Gasteiger partial charge in [-0.15, -0.1) is 0 Å². The molecule has 0 unspecified atom stereocenters. The van der Waals surface area contributed by atoms with Gasteiger partial charge in [-0.25, -0.2) is 4.79 Å². The summed E-state index contributed by atoms with van der Waals surface area (Å²) in [6, 6.07) is 32.5. The normalized spacial score (nSPS) is 10.8. The van der Waals surface area contributed by atoms with Crippen molar-refractivity contribution in [2.45, 2.75) is 19.4 Å². The van der Waals surface area contributed by atoms with Crippen LogP contribution in [0.5, 0.6) is 5.75 Å². The fraction of sp³-hybridized carbons (Fsp3) is 0.0882. The first-order valence-corrected chi connectivity index (χ1v) is 12.3. The number of aryl methyl sites for hydroxylation is 1. The van der Waals surface area contributed by atoms with Gasteiger partial charge in [0.2, 0.25) is 0 Å². The van der Waals surface area contributed by atoms with Crippen molar-refractivity contribution in [3.8, 4) is 5.75 Å². The Morgan fingerprint density at radius 1 is 0.784 bits per heavy atom. The Bertz CT molecular complexity index is 1430. The summed E-state index contributed by atoms with van der Waals surface area (Å²) in [6.45, 7) is 12.8. The Hall–Kier alpha value is -4.63. The number of fused-ring (bicyclic) bond motifs is 1. The molecule has 0 amide bonds. The van der Waals surface area contributed by atoms with Crippen molar-refractivity contribution >= 4 is 22.4 Å². The topological polar surface area (TPSA) is 29.5 Å². The molecule has 0 heterocycles. The lowest BCUT2D eigenvalue weighted by molar-refractivity contribution is -0.128. The molecule has 0 aliphatic heterocycles. The molecule has 3 nitrogen and oxygen atoms in total. The van der Waals surface area contributed by atoms with Crippen molar-refractivity contribution in [3.63, 3.8) is 0 Å². The van der Waals surface area contributed by atoms with Gasteiger partial charge in [-0.2, -0.15) is 0 Å². The third-order valence-electron chi connectivity index (χ3n) is 6.18. The van der Waals surface area contributed by atoms with Gasteiger partial charge in [0.15, 0.2) is 0 Å². The zero-order valence-electron chi connectivity index (χ0n) is 21.0. The van der Waals surface area contributed by atoms with Crippen LogP contribution in [0.2, 0.25) is 0 Å². The van der Waals surface area contributed by atoms with Crippen LogP contribution in [0, 0.1) is 0 Å². The predicted molar refractivity (Wildman–Crippen MR) is 155 cm³/mol. The van der Waals surface area contributed by atoms with E-state index in [4.69, 9.17) is 4.74 Å². The maximum absolute atomic E-state index is 11.7. The highest BCUT2D eigenvalue weighted by molar-refractivity contribution is 5.94. The maximum Gasteiger partial charge on any atom is 0.335 e. The number of rotatable bonds is 11. The van der Waals surface area contributed by atoms with E-state index in [1.807, 2.05) is 66.7 Å². The highest BCUT2D eigenvalue weighted by Gasteiger charge is 2.11. The molecule has 4 aromatic carbocycles. The van der Waals surface area contributed by atoms with Crippen molar-refractivity contribution in [2.24, 2.45) is 0 Å². The molecular weight excluding hydrogens is 454 g/mol. The number of para-hydroxylation sites is 1. The third-order valence-corrected chi connectivity index (χ3v) is 6.18. The highest BCUT2D eigenvalue weighted by atomic mass is 16.5. The van der Waals surface area contributed by atoms with E-state index in [0.29, 0.717) is 5.75 Å². The summed E-state index contributed by atoms with van der Waals surface area (Å²) < 4.78 is 5.42. The van der Waals surface area contributed by atoms with Gasteiger partial charge in [0.05, 0.1) is 0 Å². The van der Waals surface area contributed by atoms with E-state index in [2.05, 4.69) is 67.1 Å². The van der Waals surface area contributed by atoms with E-state index in [1.165, 1.54) is 17.2 Å². The average Bonchev–Trinajstić information content (AvgIpc) is 2.95. The first kappa shape index (κ1) is 25.5. The van der Waals surface area contributed by atoms with Crippen molar-refractivity contribution in [1.82, 2.24) is 0 Å². The molecule has 0 N–H and O–H groups in total. The molecule has 0 bridgehead atoms. The van der Waals surface area contributed by atoms with Crippen LogP contribution in [0.1, 0.15) is 17.5 Å².